The highest BCUT2D eigenvalue weighted by Gasteiger charge is 2.22. The summed E-state index contributed by atoms with van der Waals surface area (Å²) in [6, 6.07) is 9.58. The van der Waals surface area contributed by atoms with Crippen LogP contribution in [0.25, 0.3) is 0 Å². The fourth-order valence-corrected chi connectivity index (χ4v) is 2.53. The summed E-state index contributed by atoms with van der Waals surface area (Å²) in [5.74, 6) is 0. The van der Waals surface area contributed by atoms with Gasteiger partial charge in [0.15, 0.2) is 0 Å². The Morgan fingerprint density at radius 3 is 2.37 bits per heavy atom. The Bertz CT molecular complexity index is 350. The summed E-state index contributed by atoms with van der Waals surface area (Å²) in [5.41, 5.74) is 2.65. The maximum atomic E-state index is 5.20. The Labute approximate surface area is 118 Å². The van der Waals surface area contributed by atoms with Crippen LogP contribution >= 0.6 is 0 Å². The summed E-state index contributed by atoms with van der Waals surface area (Å²) in [5, 5.41) is 3.45. The molecule has 108 valence electrons. The summed E-state index contributed by atoms with van der Waals surface area (Å²) in [6.07, 6.45) is 0. The molecule has 1 N–H and O–H groups in total. The van der Waals surface area contributed by atoms with E-state index in [-0.39, 0.29) is 0 Å². The minimum atomic E-state index is 0.345. The lowest BCUT2D eigenvalue weighted by molar-refractivity contribution is 0.114. The number of ether oxygens (including phenoxy) is 1. The van der Waals surface area contributed by atoms with E-state index in [1.54, 1.807) is 7.11 Å². The fourth-order valence-electron chi connectivity index (χ4n) is 2.53. The van der Waals surface area contributed by atoms with Crippen LogP contribution < -0.4 is 5.32 Å². The van der Waals surface area contributed by atoms with Crippen molar-refractivity contribution in [2.75, 3.05) is 33.9 Å². The van der Waals surface area contributed by atoms with Gasteiger partial charge in [0.1, 0.15) is 0 Å². The molecule has 0 saturated heterocycles. The molecule has 1 aromatic rings. The second kappa shape index (κ2) is 8.31. The molecule has 19 heavy (non-hydrogen) atoms. The van der Waals surface area contributed by atoms with E-state index < -0.39 is 0 Å². The van der Waals surface area contributed by atoms with Gasteiger partial charge in [-0.1, -0.05) is 36.8 Å². The molecule has 0 heterocycles. The molecule has 2 unspecified atom stereocenters. The van der Waals surface area contributed by atoms with E-state index in [2.05, 4.69) is 55.3 Å². The molecular formula is C16H28N2O. The maximum Gasteiger partial charge on any atom is 0.0589 e. The van der Waals surface area contributed by atoms with Crippen molar-refractivity contribution < 1.29 is 4.74 Å². The molecule has 1 aromatic carbocycles. The van der Waals surface area contributed by atoms with Crippen molar-refractivity contribution in [1.29, 1.82) is 0 Å². The smallest absolute Gasteiger partial charge is 0.0589 e. The molecule has 3 heteroatoms. The number of nitrogens with one attached hydrogen (secondary N) is 1. The monoisotopic (exact) mass is 264 g/mol. The SMILES string of the molecule is CCN(CCOC)C(C)C(NC)c1ccc(C)cc1. The van der Waals surface area contributed by atoms with E-state index in [0.29, 0.717) is 12.1 Å². The molecule has 0 radical (unpaired) electrons. The summed E-state index contributed by atoms with van der Waals surface area (Å²) in [7, 11) is 3.79. The fraction of sp³-hybridized carbons (Fsp3) is 0.625. The van der Waals surface area contributed by atoms with E-state index in [1.165, 1.54) is 11.1 Å². The molecule has 0 bridgehead atoms. The van der Waals surface area contributed by atoms with Gasteiger partial charge < -0.3 is 10.1 Å². The highest BCUT2D eigenvalue weighted by molar-refractivity contribution is 5.25. The van der Waals surface area contributed by atoms with E-state index in [0.717, 1.165) is 19.7 Å². The summed E-state index contributed by atoms with van der Waals surface area (Å²) in [4.78, 5) is 2.45. The molecule has 0 saturated carbocycles. The van der Waals surface area contributed by atoms with Gasteiger partial charge in [0.05, 0.1) is 6.61 Å². The lowest BCUT2D eigenvalue weighted by Crippen LogP contribution is -2.43. The maximum absolute atomic E-state index is 5.20. The van der Waals surface area contributed by atoms with Gasteiger partial charge in [0.25, 0.3) is 0 Å². The topological polar surface area (TPSA) is 24.5 Å². The van der Waals surface area contributed by atoms with Gasteiger partial charge in [0.2, 0.25) is 0 Å². The number of methoxy groups -OCH3 is 1. The van der Waals surface area contributed by atoms with Crippen molar-refractivity contribution in [3.63, 3.8) is 0 Å². The van der Waals surface area contributed by atoms with Crippen LogP contribution in [0, 0.1) is 6.92 Å². The van der Waals surface area contributed by atoms with Crippen LogP contribution in [-0.4, -0.2) is 44.8 Å². The largest absolute Gasteiger partial charge is 0.383 e. The van der Waals surface area contributed by atoms with Gasteiger partial charge in [0, 0.05) is 25.7 Å². The molecule has 0 spiro atoms. The zero-order chi connectivity index (χ0) is 14.3. The molecule has 0 aliphatic heterocycles. The van der Waals surface area contributed by atoms with Gasteiger partial charge in [-0.15, -0.1) is 0 Å². The number of hydrogen-bond donors (Lipinski definition) is 1. The Kier molecular flexibility index (Phi) is 7.06. The van der Waals surface area contributed by atoms with E-state index in [4.69, 9.17) is 4.74 Å². The molecule has 0 aliphatic carbocycles. The lowest BCUT2D eigenvalue weighted by Gasteiger charge is -2.34. The number of hydrogen-bond acceptors (Lipinski definition) is 3. The van der Waals surface area contributed by atoms with Crippen LogP contribution in [0.2, 0.25) is 0 Å². The van der Waals surface area contributed by atoms with Crippen molar-refractivity contribution in [3.8, 4) is 0 Å². The molecule has 1 rings (SSSR count). The highest BCUT2D eigenvalue weighted by atomic mass is 16.5. The molecule has 0 amide bonds. The number of aryl methyl sites for hydroxylation is 1. The molecule has 2 atom stereocenters. The average Bonchev–Trinajstić information content (AvgIpc) is 2.42. The van der Waals surface area contributed by atoms with Crippen molar-refractivity contribution in [1.82, 2.24) is 10.2 Å². The van der Waals surface area contributed by atoms with Crippen molar-refractivity contribution in [2.24, 2.45) is 0 Å². The second-order valence-corrected chi connectivity index (χ2v) is 5.04. The van der Waals surface area contributed by atoms with Crippen LogP contribution in [0.4, 0.5) is 0 Å². The Morgan fingerprint density at radius 1 is 1.26 bits per heavy atom. The first-order chi connectivity index (χ1) is 9.13. The van der Waals surface area contributed by atoms with E-state index >= 15 is 0 Å². The van der Waals surface area contributed by atoms with Gasteiger partial charge in [-0.2, -0.15) is 0 Å². The summed E-state index contributed by atoms with van der Waals surface area (Å²) < 4.78 is 5.20. The second-order valence-electron chi connectivity index (χ2n) is 5.04. The van der Waals surface area contributed by atoms with Gasteiger partial charge in [-0.05, 0) is 33.0 Å². The van der Waals surface area contributed by atoms with Crippen LogP contribution in [0.5, 0.6) is 0 Å². The first kappa shape index (κ1) is 16.2. The van der Waals surface area contributed by atoms with E-state index in [1.807, 2.05) is 7.05 Å². The van der Waals surface area contributed by atoms with Crippen molar-refractivity contribution >= 4 is 0 Å². The first-order valence-corrected chi connectivity index (χ1v) is 7.10. The normalized spacial score (nSPS) is 14.6. The van der Waals surface area contributed by atoms with Crippen molar-refractivity contribution in [2.45, 2.75) is 32.9 Å². The third kappa shape index (κ3) is 4.60. The number of benzene rings is 1. The standard InChI is InChI=1S/C16H28N2O/c1-6-18(11-12-19-5)14(3)16(17-4)15-9-7-13(2)8-10-15/h7-10,14,16-17H,6,11-12H2,1-5H3. The Balaban J connectivity index is 2.79. The van der Waals surface area contributed by atoms with Gasteiger partial charge >= 0.3 is 0 Å². The molecule has 0 fully saturated rings. The lowest BCUT2D eigenvalue weighted by atomic mass is 9.98. The van der Waals surface area contributed by atoms with Crippen LogP contribution in [0.1, 0.15) is 31.0 Å². The minimum Gasteiger partial charge on any atom is -0.383 e. The van der Waals surface area contributed by atoms with Crippen molar-refractivity contribution in [3.05, 3.63) is 35.4 Å². The summed E-state index contributed by atoms with van der Waals surface area (Å²) in [6.45, 7) is 9.39. The Morgan fingerprint density at radius 2 is 1.89 bits per heavy atom. The third-order valence-corrected chi connectivity index (χ3v) is 3.79. The predicted octanol–water partition coefficient (Wildman–Crippen LogP) is 2.61. The van der Waals surface area contributed by atoms with E-state index in [9.17, 15) is 0 Å². The Hall–Kier alpha value is -0.900. The predicted molar refractivity (Wildman–Crippen MR) is 81.6 cm³/mol. The third-order valence-electron chi connectivity index (χ3n) is 3.79. The first-order valence-electron chi connectivity index (χ1n) is 7.10. The minimum absolute atomic E-state index is 0.345. The molecule has 0 aliphatic rings. The molecule has 3 nitrogen and oxygen atoms in total. The van der Waals surface area contributed by atoms with Crippen LogP contribution in [0.3, 0.4) is 0 Å². The number of nitrogens with zero attached hydrogens (tertiary/aromatic N) is 1. The zero-order valence-electron chi connectivity index (χ0n) is 12.9. The zero-order valence-corrected chi connectivity index (χ0v) is 12.9. The summed E-state index contributed by atoms with van der Waals surface area (Å²) >= 11 is 0. The van der Waals surface area contributed by atoms with Gasteiger partial charge in [-0.3, -0.25) is 4.90 Å². The molecule has 0 aromatic heterocycles. The van der Waals surface area contributed by atoms with Gasteiger partial charge in [-0.25, -0.2) is 0 Å². The quantitative estimate of drug-likeness (QED) is 0.781. The average molecular weight is 264 g/mol. The number of likely N-dealkylation sites (N-methyl/N-ethyl adjacent to an activating group) is 2. The number of rotatable bonds is 8. The molecular weight excluding hydrogens is 236 g/mol. The van der Waals surface area contributed by atoms with Crippen LogP contribution in [0.15, 0.2) is 24.3 Å². The van der Waals surface area contributed by atoms with Crippen LogP contribution in [-0.2, 0) is 4.74 Å². The highest BCUT2D eigenvalue weighted by Crippen LogP contribution is 2.21.